The summed E-state index contributed by atoms with van der Waals surface area (Å²) in [5, 5.41) is 4.16. The second-order valence-electron chi connectivity index (χ2n) is 6.76. The summed E-state index contributed by atoms with van der Waals surface area (Å²) in [6, 6.07) is 3.23. The van der Waals surface area contributed by atoms with E-state index in [1.807, 2.05) is 16.0 Å². The summed E-state index contributed by atoms with van der Waals surface area (Å²) >= 11 is 0. The molecule has 4 heterocycles. The van der Waals surface area contributed by atoms with Crippen LogP contribution in [0.1, 0.15) is 18.7 Å². The normalized spacial score (nSPS) is 20.4. The van der Waals surface area contributed by atoms with Gasteiger partial charge in [-0.05, 0) is 18.9 Å². The number of likely N-dealkylation sites (tertiary alicyclic amines) is 1. The highest BCUT2D eigenvalue weighted by Gasteiger charge is 2.30. The molecule has 0 unspecified atom stereocenters. The average molecular weight is 342 g/mol. The second-order valence-corrected chi connectivity index (χ2v) is 6.76. The van der Waals surface area contributed by atoms with Gasteiger partial charge in [-0.25, -0.2) is 14.5 Å². The lowest BCUT2D eigenvalue weighted by molar-refractivity contribution is 0.148. The third kappa shape index (κ3) is 3.29. The molecule has 8 heteroatoms. The summed E-state index contributed by atoms with van der Waals surface area (Å²) in [4.78, 5) is 33.1. The highest BCUT2D eigenvalue weighted by molar-refractivity contribution is 5.74. The van der Waals surface area contributed by atoms with Gasteiger partial charge in [0.25, 0.3) is 5.56 Å². The number of carbonyl (C=O) groups excluding carboxylic acids is 1. The van der Waals surface area contributed by atoms with E-state index in [1.165, 1.54) is 10.7 Å². The lowest BCUT2D eigenvalue weighted by atomic mass is 10.1. The van der Waals surface area contributed by atoms with Gasteiger partial charge in [-0.15, -0.1) is 0 Å². The van der Waals surface area contributed by atoms with Crippen LogP contribution < -0.4 is 5.56 Å². The third-order valence-corrected chi connectivity index (χ3v) is 4.93. The molecule has 25 heavy (non-hydrogen) atoms. The SMILES string of the molecule is O=C(N1CCCC1)N1Cc2nccn2C[C@@H](Cn2ncccc2=O)C1. The Balaban J connectivity index is 1.58. The monoisotopic (exact) mass is 342 g/mol. The number of imidazole rings is 1. The minimum Gasteiger partial charge on any atom is -0.333 e. The van der Waals surface area contributed by atoms with Gasteiger partial charge in [-0.1, -0.05) is 0 Å². The molecular weight excluding hydrogens is 320 g/mol. The molecule has 0 aromatic carbocycles. The molecule has 0 N–H and O–H groups in total. The largest absolute Gasteiger partial charge is 0.333 e. The molecular formula is C17H22N6O2. The van der Waals surface area contributed by atoms with Crippen molar-refractivity contribution in [1.82, 2.24) is 29.1 Å². The van der Waals surface area contributed by atoms with Gasteiger partial charge in [0.05, 0.1) is 13.1 Å². The lowest BCUT2D eigenvalue weighted by Gasteiger charge is -2.28. The molecule has 8 nitrogen and oxygen atoms in total. The average Bonchev–Trinajstić information content (AvgIpc) is 3.25. The molecule has 1 atom stereocenters. The maximum atomic E-state index is 12.9. The predicted octanol–water partition coefficient (Wildman–Crippen LogP) is 0.788. The van der Waals surface area contributed by atoms with Crippen LogP contribution in [0.25, 0.3) is 0 Å². The summed E-state index contributed by atoms with van der Waals surface area (Å²) in [5.41, 5.74) is -0.116. The number of aromatic nitrogens is 4. The Bertz CT molecular complexity index is 807. The van der Waals surface area contributed by atoms with Gasteiger partial charge in [0, 0.05) is 56.8 Å². The number of urea groups is 1. The fourth-order valence-electron chi connectivity index (χ4n) is 3.68. The Morgan fingerprint density at radius 2 is 2.00 bits per heavy atom. The van der Waals surface area contributed by atoms with Crippen molar-refractivity contribution in [2.24, 2.45) is 5.92 Å². The number of fused-ring (bicyclic) bond motifs is 1. The molecule has 0 saturated carbocycles. The maximum absolute atomic E-state index is 12.9. The van der Waals surface area contributed by atoms with Crippen LogP contribution in [0, 0.1) is 5.92 Å². The summed E-state index contributed by atoms with van der Waals surface area (Å²) in [6.07, 6.45) is 7.46. The molecule has 2 aromatic heterocycles. The van der Waals surface area contributed by atoms with E-state index in [2.05, 4.69) is 14.6 Å². The first-order chi connectivity index (χ1) is 12.2. The quantitative estimate of drug-likeness (QED) is 0.808. The van der Waals surface area contributed by atoms with Crippen molar-refractivity contribution >= 4 is 6.03 Å². The van der Waals surface area contributed by atoms with Crippen LogP contribution in [0.15, 0.2) is 35.5 Å². The highest BCUT2D eigenvalue weighted by Crippen LogP contribution is 2.19. The number of amides is 2. The molecule has 1 fully saturated rings. The van der Waals surface area contributed by atoms with Crippen molar-refractivity contribution in [3.63, 3.8) is 0 Å². The van der Waals surface area contributed by atoms with Crippen molar-refractivity contribution in [2.75, 3.05) is 19.6 Å². The molecule has 0 aliphatic carbocycles. The van der Waals surface area contributed by atoms with E-state index in [-0.39, 0.29) is 17.5 Å². The molecule has 2 aliphatic heterocycles. The number of rotatable bonds is 2. The zero-order chi connectivity index (χ0) is 17.2. The molecule has 2 amide bonds. The van der Waals surface area contributed by atoms with Crippen LogP contribution in [0.4, 0.5) is 4.79 Å². The third-order valence-electron chi connectivity index (χ3n) is 4.93. The minimum absolute atomic E-state index is 0.0762. The lowest BCUT2D eigenvalue weighted by Crippen LogP contribution is -2.44. The van der Waals surface area contributed by atoms with Crippen LogP contribution in [0.3, 0.4) is 0 Å². The van der Waals surface area contributed by atoms with Crippen LogP contribution in [0.5, 0.6) is 0 Å². The fourth-order valence-corrected chi connectivity index (χ4v) is 3.68. The maximum Gasteiger partial charge on any atom is 0.320 e. The summed E-state index contributed by atoms with van der Waals surface area (Å²) < 4.78 is 3.56. The topological polar surface area (TPSA) is 76.3 Å². The molecule has 0 radical (unpaired) electrons. The Morgan fingerprint density at radius 1 is 1.16 bits per heavy atom. The zero-order valence-electron chi connectivity index (χ0n) is 14.1. The summed E-state index contributed by atoms with van der Waals surface area (Å²) in [5.74, 6) is 0.998. The second kappa shape index (κ2) is 6.70. The number of nitrogens with zero attached hydrogens (tertiary/aromatic N) is 6. The molecule has 4 rings (SSSR count). The van der Waals surface area contributed by atoms with E-state index in [0.29, 0.717) is 19.6 Å². The van der Waals surface area contributed by atoms with Crippen LogP contribution in [-0.2, 0) is 19.6 Å². The van der Waals surface area contributed by atoms with Gasteiger partial charge in [0.2, 0.25) is 0 Å². The van der Waals surface area contributed by atoms with Crippen molar-refractivity contribution in [3.05, 3.63) is 46.9 Å². The standard InChI is InChI=1S/C17H22N6O2/c24-16-4-3-5-19-23(16)12-14-10-21-9-6-18-15(21)13-22(11-14)17(25)20-7-1-2-8-20/h3-6,9,14H,1-2,7-8,10-13H2/t14-/m1/s1. The minimum atomic E-state index is -0.116. The number of hydrogen-bond acceptors (Lipinski definition) is 4. The molecule has 132 valence electrons. The Morgan fingerprint density at radius 3 is 2.80 bits per heavy atom. The van der Waals surface area contributed by atoms with Crippen molar-refractivity contribution in [3.8, 4) is 0 Å². The predicted molar refractivity (Wildman–Crippen MR) is 90.8 cm³/mol. The Kier molecular flexibility index (Phi) is 4.25. The van der Waals surface area contributed by atoms with E-state index in [1.54, 1.807) is 18.5 Å². The highest BCUT2D eigenvalue weighted by atomic mass is 16.2. The van der Waals surface area contributed by atoms with Crippen molar-refractivity contribution in [2.45, 2.75) is 32.5 Å². The number of carbonyl (C=O) groups is 1. The first kappa shape index (κ1) is 15.9. The van der Waals surface area contributed by atoms with Gasteiger partial charge in [-0.2, -0.15) is 5.10 Å². The zero-order valence-corrected chi connectivity index (χ0v) is 14.1. The van der Waals surface area contributed by atoms with Gasteiger partial charge in [-0.3, -0.25) is 4.79 Å². The first-order valence-electron chi connectivity index (χ1n) is 8.77. The molecule has 2 aliphatic rings. The van der Waals surface area contributed by atoms with Gasteiger partial charge >= 0.3 is 6.03 Å². The smallest absolute Gasteiger partial charge is 0.320 e. The van der Waals surface area contributed by atoms with Gasteiger partial charge in [0.1, 0.15) is 5.82 Å². The Hall–Kier alpha value is -2.64. The van der Waals surface area contributed by atoms with Gasteiger partial charge in [0.15, 0.2) is 0 Å². The van der Waals surface area contributed by atoms with E-state index in [9.17, 15) is 9.59 Å². The van der Waals surface area contributed by atoms with E-state index in [4.69, 9.17) is 0 Å². The molecule has 1 saturated heterocycles. The van der Waals surface area contributed by atoms with E-state index in [0.717, 1.165) is 38.3 Å². The Labute approximate surface area is 145 Å². The van der Waals surface area contributed by atoms with Crippen LogP contribution in [0.2, 0.25) is 0 Å². The summed E-state index contributed by atoms with van der Waals surface area (Å²) in [6.45, 7) is 3.98. The fraction of sp³-hybridized carbons (Fsp3) is 0.529. The first-order valence-corrected chi connectivity index (χ1v) is 8.77. The van der Waals surface area contributed by atoms with Crippen LogP contribution >= 0.6 is 0 Å². The van der Waals surface area contributed by atoms with Gasteiger partial charge < -0.3 is 14.4 Å². The van der Waals surface area contributed by atoms with E-state index >= 15 is 0 Å². The molecule has 2 aromatic rings. The molecule has 0 spiro atoms. The van der Waals surface area contributed by atoms with Crippen LogP contribution in [-0.4, -0.2) is 54.8 Å². The van der Waals surface area contributed by atoms with Crippen molar-refractivity contribution < 1.29 is 4.79 Å². The van der Waals surface area contributed by atoms with Crippen molar-refractivity contribution in [1.29, 1.82) is 0 Å². The molecule has 0 bridgehead atoms. The number of hydrogen-bond donors (Lipinski definition) is 0. The van der Waals surface area contributed by atoms with E-state index < -0.39 is 0 Å². The summed E-state index contributed by atoms with van der Waals surface area (Å²) in [7, 11) is 0.